The molecule has 1 saturated carbocycles. The van der Waals surface area contributed by atoms with Crippen molar-refractivity contribution in [3.63, 3.8) is 0 Å². The zero-order chi connectivity index (χ0) is 25.4. The van der Waals surface area contributed by atoms with E-state index < -0.39 is 0 Å². The van der Waals surface area contributed by atoms with E-state index >= 15 is 0 Å². The number of aromatic nitrogens is 4. The summed E-state index contributed by atoms with van der Waals surface area (Å²) in [6, 6.07) is 25.3. The standard InChI is InChI=1S/C29H27ClN6O/c30-20-12-16-23(17-13-20)36-28(19-10-14-21(15-11-19)32-26-9-5-4-8-25(26)31)33-27-24(29(36)37)18-35(34-27)22-6-2-1-3-7-22/h1-3,6-7,10-18,25-26,32H,4-5,8-9,31H2. The van der Waals surface area contributed by atoms with Crippen LogP contribution < -0.4 is 16.6 Å². The van der Waals surface area contributed by atoms with Gasteiger partial charge in [0.2, 0.25) is 0 Å². The smallest absolute Gasteiger partial charge is 0.269 e. The Morgan fingerprint density at radius 2 is 1.62 bits per heavy atom. The summed E-state index contributed by atoms with van der Waals surface area (Å²) >= 11 is 6.14. The molecule has 2 unspecified atom stereocenters. The first-order valence-corrected chi connectivity index (χ1v) is 12.9. The van der Waals surface area contributed by atoms with E-state index in [0.717, 1.165) is 29.8 Å². The van der Waals surface area contributed by atoms with Gasteiger partial charge in [0.15, 0.2) is 5.65 Å². The van der Waals surface area contributed by atoms with Crippen molar-refractivity contribution < 1.29 is 0 Å². The van der Waals surface area contributed by atoms with Crippen molar-refractivity contribution in [2.24, 2.45) is 5.73 Å². The number of hydrogen-bond acceptors (Lipinski definition) is 5. The Hall–Kier alpha value is -3.94. The Morgan fingerprint density at radius 1 is 0.892 bits per heavy atom. The molecule has 0 spiro atoms. The molecule has 2 heterocycles. The van der Waals surface area contributed by atoms with Crippen molar-refractivity contribution in [1.82, 2.24) is 19.3 Å². The molecule has 0 radical (unpaired) electrons. The molecule has 0 amide bonds. The van der Waals surface area contributed by atoms with Gasteiger partial charge < -0.3 is 11.1 Å². The Labute approximate surface area is 219 Å². The van der Waals surface area contributed by atoms with Gasteiger partial charge in [0.25, 0.3) is 5.56 Å². The molecule has 37 heavy (non-hydrogen) atoms. The highest BCUT2D eigenvalue weighted by Gasteiger charge is 2.22. The Balaban J connectivity index is 1.45. The topological polar surface area (TPSA) is 90.8 Å². The molecule has 3 aromatic carbocycles. The van der Waals surface area contributed by atoms with Crippen LogP contribution in [0.1, 0.15) is 25.7 Å². The number of rotatable bonds is 5. The summed E-state index contributed by atoms with van der Waals surface area (Å²) < 4.78 is 3.31. The third-order valence-electron chi connectivity index (χ3n) is 6.97. The molecule has 7 nitrogen and oxygen atoms in total. The molecule has 2 atom stereocenters. The average molecular weight is 511 g/mol. The molecule has 1 aliphatic rings. The van der Waals surface area contributed by atoms with E-state index in [1.165, 1.54) is 12.8 Å². The number of fused-ring (bicyclic) bond motifs is 1. The fourth-order valence-corrected chi connectivity index (χ4v) is 5.10. The first-order chi connectivity index (χ1) is 18.1. The van der Waals surface area contributed by atoms with Crippen LogP contribution in [0, 0.1) is 0 Å². The van der Waals surface area contributed by atoms with Gasteiger partial charge >= 0.3 is 0 Å². The minimum atomic E-state index is -0.195. The van der Waals surface area contributed by atoms with Gasteiger partial charge in [-0.2, -0.15) is 0 Å². The van der Waals surface area contributed by atoms with Gasteiger partial charge in [-0.15, -0.1) is 5.10 Å². The summed E-state index contributed by atoms with van der Waals surface area (Å²) in [5, 5.41) is 9.24. The quantitative estimate of drug-likeness (QED) is 0.322. The molecular weight excluding hydrogens is 484 g/mol. The lowest BCUT2D eigenvalue weighted by atomic mass is 9.91. The second-order valence-corrected chi connectivity index (χ2v) is 9.91. The highest BCUT2D eigenvalue weighted by Crippen LogP contribution is 2.26. The summed E-state index contributed by atoms with van der Waals surface area (Å²) in [7, 11) is 0. The number of nitrogens with one attached hydrogen (secondary N) is 1. The van der Waals surface area contributed by atoms with E-state index in [0.29, 0.717) is 27.6 Å². The number of anilines is 1. The minimum absolute atomic E-state index is 0.160. The fraction of sp³-hybridized carbons (Fsp3) is 0.207. The highest BCUT2D eigenvalue weighted by atomic mass is 35.5. The van der Waals surface area contributed by atoms with Crippen molar-refractivity contribution in [3.8, 4) is 22.8 Å². The molecule has 186 valence electrons. The lowest BCUT2D eigenvalue weighted by Gasteiger charge is -2.30. The zero-order valence-corrected chi connectivity index (χ0v) is 21.0. The molecular formula is C29H27ClN6O. The normalized spacial score (nSPS) is 17.7. The van der Waals surface area contributed by atoms with Gasteiger partial charge in [0, 0.05) is 34.6 Å². The Kier molecular flexibility index (Phi) is 6.24. The molecule has 0 aliphatic heterocycles. The van der Waals surface area contributed by atoms with Crippen molar-refractivity contribution in [3.05, 3.63) is 100 Å². The summed E-state index contributed by atoms with van der Waals surface area (Å²) in [5.74, 6) is 0.513. The third-order valence-corrected chi connectivity index (χ3v) is 7.22. The van der Waals surface area contributed by atoms with Crippen LogP contribution in [0.4, 0.5) is 5.69 Å². The van der Waals surface area contributed by atoms with Gasteiger partial charge in [-0.3, -0.25) is 9.36 Å². The van der Waals surface area contributed by atoms with E-state index in [2.05, 4.69) is 10.4 Å². The van der Waals surface area contributed by atoms with E-state index in [1.807, 2.05) is 66.7 Å². The first kappa shape index (κ1) is 23.5. The number of para-hydroxylation sites is 1. The zero-order valence-electron chi connectivity index (χ0n) is 20.2. The molecule has 0 bridgehead atoms. The van der Waals surface area contributed by atoms with Crippen LogP contribution in [-0.2, 0) is 0 Å². The van der Waals surface area contributed by atoms with Gasteiger partial charge in [-0.05, 0) is 73.5 Å². The summed E-state index contributed by atoms with van der Waals surface area (Å²) in [4.78, 5) is 18.7. The molecule has 6 rings (SSSR count). The molecule has 0 saturated heterocycles. The molecule has 5 aromatic rings. The summed E-state index contributed by atoms with van der Waals surface area (Å²) in [6.07, 6.45) is 6.23. The molecule has 2 aromatic heterocycles. The SMILES string of the molecule is NC1CCCCC1Nc1ccc(-c2nc3nn(-c4ccccc4)cc3c(=O)n2-c2ccc(Cl)cc2)cc1. The first-order valence-electron chi connectivity index (χ1n) is 12.5. The molecule has 1 fully saturated rings. The maximum Gasteiger partial charge on any atom is 0.269 e. The summed E-state index contributed by atoms with van der Waals surface area (Å²) in [6.45, 7) is 0. The minimum Gasteiger partial charge on any atom is -0.381 e. The number of nitrogens with two attached hydrogens (primary N) is 1. The number of nitrogens with zero attached hydrogens (tertiary/aromatic N) is 4. The Morgan fingerprint density at radius 3 is 2.35 bits per heavy atom. The second kappa shape index (κ2) is 9.84. The predicted octanol–water partition coefficient (Wildman–Crippen LogP) is 5.57. The van der Waals surface area contributed by atoms with Crippen molar-refractivity contribution >= 4 is 28.3 Å². The third kappa shape index (κ3) is 4.63. The van der Waals surface area contributed by atoms with Crippen LogP contribution in [-0.4, -0.2) is 31.4 Å². The lowest BCUT2D eigenvalue weighted by molar-refractivity contribution is 0.404. The monoisotopic (exact) mass is 510 g/mol. The van der Waals surface area contributed by atoms with Gasteiger partial charge in [0.1, 0.15) is 11.2 Å². The average Bonchev–Trinajstić information content (AvgIpc) is 3.37. The van der Waals surface area contributed by atoms with Crippen LogP contribution in [0.25, 0.3) is 33.8 Å². The van der Waals surface area contributed by atoms with E-state index in [4.69, 9.17) is 22.3 Å². The molecule has 8 heteroatoms. The largest absolute Gasteiger partial charge is 0.381 e. The Bertz CT molecular complexity index is 1590. The van der Waals surface area contributed by atoms with Crippen LogP contribution in [0.15, 0.2) is 89.9 Å². The van der Waals surface area contributed by atoms with Gasteiger partial charge in [-0.1, -0.05) is 42.6 Å². The predicted molar refractivity (Wildman–Crippen MR) is 149 cm³/mol. The fourth-order valence-electron chi connectivity index (χ4n) is 4.97. The number of benzene rings is 3. The maximum absolute atomic E-state index is 13.8. The van der Waals surface area contributed by atoms with Crippen LogP contribution in [0.2, 0.25) is 5.02 Å². The lowest BCUT2D eigenvalue weighted by Crippen LogP contribution is -2.42. The number of halogens is 1. The van der Waals surface area contributed by atoms with Crippen molar-refractivity contribution in [2.45, 2.75) is 37.8 Å². The second-order valence-electron chi connectivity index (χ2n) is 9.48. The highest BCUT2D eigenvalue weighted by molar-refractivity contribution is 6.30. The van der Waals surface area contributed by atoms with Crippen LogP contribution in [0.3, 0.4) is 0 Å². The van der Waals surface area contributed by atoms with E-state index in [1.54, 1.807) is 27.6 Å². The van der Waals surface area contributed by atoms with Crippen molar-refractivity contribution in [1.29, 1.82) is 0 Å². The summed E-state index contributed by atoms with van der Waals surface area (Å²) in [5.41, 5.74) is 9.87. The molecule has 3 N–H and O–H groups in total. The van der Waals surface area contributed by atoms with E-state index in [-0.39, 0.29) is 17.6 Å². The van der Waals surface area contributed by atoms with Crippen LogP contribution in [0.5, 0.6) is 0 Å². The molecule has 1 aliphatic carbocycles. The van der Waals surface area contributed by atoms with Gasteiger partial charge in [-0.25, -0.2) is 9.67 Å². The van der Waals surface area contributed by atoms with E-state index in [9.17, 15) is 4.79 Å². The number of hydrogen-bond donors (Lipinski definition) is 2. The van der Waals surface area contributed by atoms with Crippen molar-refractivity contribution in [2.75, 3.05) is 5.32 Å². The van der Waals surface area contributed by atoms with Gasteiger partial charge in [0.05, 0.1) is 11.4 Å². The van der Waals surface area contributed by atoms with Crippen LogP contribution >= 0.6 is 11.6 Å². The maximum atomic E-state index is 13.8.